The van der Waals surface area contributed by atoms with Gasteiger partial charge >= 0.3 is 0 Å². The standard InChI is InChI=1S/C13H18N2O/c1-10-5-7-11(8-6-10)15-13(16)12-4-2-3-9-14-12/h2-4,9-11H,5-8H2,1H3,(H,15,16). The van der Waals surface area contributed by atoms with Crippen molar-refractivity contribution in [3.63, 3.8) is 0 Å². The molecule has 1 aromatic rings. The van der Waals surface area contributed by atoms with Gasteiger partial charge in [0.05, 0.1) is 0 Å². The number of hydrogen-bond donors (Lipinski definition) is 1. The lowest BCUT2D eigenvalue weighted by Gasteiger charge is -2.26. The maximum absolute atomic E-state index is 11.8. The number of amides is 1. The molecule has 0 bridgehead atoms. The predicted octanol–water partition coefficient (Wildman–Crippen LogP) is 2.39. The molecule has 1 heterocycles. The van der Waals surface area contributed by atoms with E-state index in [1.807, 2.05) is 12.1 Å². The molecule has 1 N–H and O–H groups in total. The van der Waals surface area contributed by atoms with E-state index >= 15 is 0 Å². The van der Waals surface area contributed by atoms with Gasteiger partial charge in [0.1, 0.15) is 5.69 Å². The van der Waals surface area contributed by atoms with Gasteiger partial charge in [0.2, 0.25) is 0 Å². The molecule has 0 aliphatic heterocycles. The van der Waals surface area contributed by atoms with Crippen molar-refractivity contribution in [1.82, 2.24) is 10.3 Å². The van der Waals surface area contributed by atoms with Gasteiger partial charge in [0, 0.05) is 12.2 Å². The zero-order valence-corrected chi connectivity index (χ0v) is 9.65. The monoisotopic (exact) mass is 218 g/mol. The van der Waals surface area contributed by atoms with Crippen LogP contribution in [0.15, 0.2) is 24.4 Å². The molecule has 1 aliphatic carbocycles. The number of hydrogen-bond acceptors (Lipinski definition) is 2. The normalized spacial score (nSPS) is 25.1. The second kappa shape index (κ2) is 5.10. The van der Waals surface area contributed by atoms with Crippen LogP contribution in [0, 0.1) is 5.92 Å². The Hall–Kier alpha value is -1.38. The summed E-state index contributed by atoms with van der Waals surface area (Å²) in [6, 6.07) is 5.75. The van der Waals surface area contributed by atoms with Crippen LogP contribution < -0.4 is 5.32 Å². The van der Waals surface area contributed by atoms with Gasteiger partial charge in [-0.15, -0.1) is 0 Å². The molecule has 1 aliphatic rings. The highest BCUT2D eigenvalue weighted by Crippen LogP contribution is 2.23. The maximum atomic E-state index is 11.8. The number of aromatic nitrogens is 1. The Morgan fingerprint density at radius 3 is 2.69 bits per heavy atom. The van der Waals surface area contributed by atoms with Crippen LogP contribution in [0.2, 0.25) is 0 Å². The summed E-state index contributed by atoms with van der Waals surface area (Å²) in [7, 11) is 0. The molecule has 0 spiro atoms. The molecule has 1 fully saturated rings. The fraction of sp³-hybridized carbons (Fsp3) is 0.538. The van der Waals surface area contributed by atoms with Gasteiger partial charge < -0.3 is 5.32 Å². The molecular weight excluding hydrogens is 200 g/mol. The van der Waals surface area contributed by atoms with E-state index in [0.29, 0.717) is 11.7 Å². The highest BCUT2D eigenvalue weighted by Gasteiger charge is 2.20. The smallest absolute Gasteiger partial charge is 0.270 e. The molecule has 3 heteroatoms. The highest BCUT2D eigenvalue weighted by molar-refractivity contribution is 5.92. The van der Waals surface area contributed by atoms with E-state index in [1.54, 1.807) is 12.3 Å². The van der Waals surface area contributed by atoms with Crippen molar-refractivity contribution in [1.29, 1.82) is 0 Å². The van der Waals surface area contributed by atoms with E-state index < -0.39 is 0 Å². The minimum atomic E-state index is -0.0415. The summed E-state index contributed by atoms with van der Waals surface area (Å²) >= 11 is 0. The van der Waals surface area contributed by atoms with E-state index in [9.17, 15) is 4.79 Å². The van der Waals surface area contributed by atoms with Crippen LogP contribution in [0.3, 0.4) is 0 Å². The Kier molecular flexibility index (Phi) is 3.54. The number of nitrogens with zero attached hydrogens (tertiary/aromatic N) is 1. The Labute approximate surface area is 96.3 Å². The molecule has 1 aromatic heterocycles. The first-order valence-corrected chi connectivity index (χ1v) is 5.97. The molecule has 0 unspecified atom stereocenters. The molecule has 16 heavy (non-hydrogen) atoms. The summed E-state index contributed by atoms with van der Waals surface area (Å²) in [4.78, 5) is 15.9. The average molecular weight is 218 g/mol. The van der Waals surface area contributed by atoms with Crippen LogP contribution in [0.1, 0.15) is 43.1 Å². The molecule has 0 saturated heterocycles. The predicted molar refractivity (Wildman–Crippen MR) is 63.1 cm³/mol. The quantitative estimate of drug-likeness (QED) is 0.828. The molecule has 86 valence electrons. The van der Waals surface area contributed by atoms with Crippen molar-refractivity contribution < 1.29 is 4.79 Å². The van der Waals surface area contributed by atoms with Crippen LogP contribution in [-0.4, -0.2) is 16.9 Å². The minimum absolute atomic E-state index is 0.0415. The third kappa shape index (κ3) is 2.81. The maximum Gasteiger partial charge on any atom is 0.270 e. The van der Waals surface area contributed by atoms with Gasteiger partial charge in [-0.25, -0.2) is 0 Å². The number of nitrogens with one attached hydrogen (secondary N) is 1. The first-order chi connectivity index (χ1) is 7.75. The van der Waals surface area contributed by atoms with Gasteiger partial charge in [-0.3, -0.25) is 9.78 Å². The van der Waals surface area contributed by atoms with E-state index in [0.717, 1.165) is 18.8 Å². The van der Waals surface area contributed by atoms with E-state index in [-0.39, 0.29) is 5.91 Å². The lowest BCUT2D eigenvalue weighted by Crippen LogP contribution is -2.37. The molecule has 0 aromatic carbocycles. The fourth-order valence-electron chi connectivity index (χ4n) is 2.16. The van der Waals surface area contributed by atoms with Crippen molar-refractivity contribution in [2.45, 2.75) is 38.6 Å². The van der Waals surface area contributed by atoms with Crippen molar-refractivity contribution in [2.24, 2.45) is 5.92 Å². The van der Waals surface area contributed by atoms with Gasteiger partial charge in [-0.1, -0.05) is 13.0 Å². The topological polar surface area (TPSA) is 42.0 Å². The molecule has 2 rings (SSSR count). The van der Waals surface area contributed by atoms with Crippen LogP contribution in [0.5, 0.6) is 0 Å². The summed E-state index contributed by atoms with van der Waals surface area (Å²) < 4.78 is 0. The number of carbonyl (C=O) groups is 1. The summed E-state index contributed by atoms with van der Waals surface area (Å²) in [5.41, 5.74) is 0.515. The van der Waals surface area contributed by atoms with Crippen LogP contribution in [-0.2, 0) is 0 Å². The Morgan fingerprint density at radius 1 is 1.31 bits per heavy atom. The summed E-state index contributed by atoms with van der Waals surface area (Å²) in [5, 5.41) is 3.05. The van der Waals surface area contributed by atoms with Gasteiger partial charge in [0.25, 0.3) is 5.91 Å². The van der Waals surface area contributed by atoms with Crippen LogP contribution >= 0.6 is 0 Å². The fourth-order valence-corrected chi connectivity index (χ4v) is 2.16. The molecule has 0 radical (unpaired) electrons. The zero-order chi connectivity index (χ0) is 11.4. The third-order valence-corrected chi connectivity index (χ3v) is 3.25. The number of rotatable bonds is 2. The molecule has 0 atom stereocenters. The Morgan fingerprint density at radius 2 is 2.06 bits per heavy atom. The van der Waals surface area contributed by atoms with Crippen LogP contribution in [0.4, 0.5) is 0 Å². The Bertz CT molecular complexity index is 342. The third-order valence-electron chi connectivity index (χ3n) is 3.25. The zero-order valence-electron chi connectivity index (χ0n) is 9.65. The van der Waals surface area contributed by atoms with Crippen molar-refractivity contribution in [3.8, 4) is 0 Å². The Balaban J connectivity index is 1.88. The largest absolute Gasteiger partial charge is 0.348 e. The first kappa shape index (κ1) is 11.1. The van der Waals surface area contributed by atoms with E-state index in [2.05, 4.69) is 17.2 Å². The van der Waals surface area contributed by atoms with E-state index in [4.69, 9.17) is 0 Å². The first-order valence-electron chi connectivity index (χ1n) is 5.97. The second-order valence-electron chi connectivity index (χ2n) is 4.65. The summed E-state index contributed by atoms with van der Waals surface area (Å²) in [6.07, 6.45) is 6.28. The number of pyridine rings is 1. The van der Waals surface area contributed by atoms with E-state index in [1.165, 1.54) is 12.8 Å². The van der Waals surface area contributed by atoms with Crippen molar-refractivity contribution in [3.05, 3.63) is 30.1 Å². The van der Waals surface area contributed by atoms with Crippen LogP contribution in [0.25, 0.3) is 0 Å². The van der Waals surface area contributed by atoms with Crippen molar-refractivity contribution in [2.75, 3.05) is 0 Å². The molecular formula is C13H18N2O. The van der Waals surface area contributed by atoms with Gasteiger partial charge in [-0.05, 0) is 43.7 Å². The molecule has 1 amide bonds. The van der Waals surface area contributed by atoms with Gasteiger partial charge in [-0.2, -0.15) is 0 Å². The average Bonchev–Trinajstić information content (AvgIpc) is 2.33. The minimum Gasteiger partial charge on any atom is -0.348 e. The molecule has 1 saturated carbocycles. The lowest BCUT2D eigenvalue weighted by molar-refractivity contribution is 0.0918. The molecule has 3 nitrogen and oxygen atoms in total. The summed E-state index contributed by atoms with van der Waals surface area (Å²) in [6.45, 7) is 2.27. The summed E-state index contributed by atoms with van der Waals surface area (Å²) in [5.74, 6) is 0.767. The highest BCUT2D eigenvalue weighted by atomic mass is 16.1. The SMILES string of the molecule is CC1CCC(NC(=O)c2ccccn2)CC1. The number of carbonyl (C=O) groups excluding carboxylic acids is 1. The second-order valence-corrected chi connectivity index (χ2v) is 4.65. The lowest BCUT2D eigenvalue weighted by atomic mass is 9.87. The van der Waals surface area contributed by atoms with Crippen molar-refractivity contribution >= 4 is 5.91 Å². The van der Waals surface area contributed by atoms with Gasteiger partial charge in [0.15, 0.2) is 0 Å².